The Balaban J connectivity index is 2.71. The van der Waals surface area contributed by atoms with Crippen molar-refractivity contribution < 1.29 is 13.2 Å². The number of methoxy groups -OCH3 is 1. The first-order valence-electron chi connectivity index (χ1n) is 5.62. The highest BCUT2D eigenvalue weighted by Gasteiger charge is 2.22. The Morgan fingerprint density at radius 1 is 1.44 bits per heavy atom. The highest BCUT2D eigenvalue weighted by atomic mass is 35.5. The largest absolute Gasteiger partial charge is 0.385 e. The molecule has 7 heteroatoms. The van der Waals surface area contributed by atoms with Crippen molar-refractivity contribution in [2.45, 2.75) is 17.1 Å². The van der Waals surface area contributed by atoms with Gasteiger partial charge >= 0.3 is 0 Å². The van der Waals surface area contributed by atoms with Crippen LogP contribution in [0.15, 0.2) is 16.3 Å². The Morgan fingerprint density at radius 3 is 2.78 bits per heavy atom. The number of rotatable bonds is 8. The second-order valence-electron chi connectivity index (χ2n) is 3.83. The molecule has 0 aliphatic heterocycles. The molecule has 0 spiro atoms. The highest BCUT2D eigenvalue weighted by Crippen LogP contribution is 2.24. The first kappa shape index (κ1) is 15.9. The Bertz CT molecular complexity index is 459. The fraction of sp³-hybridized carbons (Fsp3) is 0.636. The molecule has 0 fully saturated rings. The van der Waals surface area contributed by atoms with E-state index in [9.17, 15) is 8.42 Å². The number of aryl methyl sites for hydroxylation is 1. The molecule has 1 heterocycles. The van der Waals surface area contributed by atoms with E-state index in [0.717, 1.165) is 4.88 Å². The monoisotopic (exact) mass is 311 g/mol. The van der Waals surface area contributed by atoms with Gasteiger partial charge in [0, 0.05) is 38.1 Å². The number of sulfonamides is 1. The standard InChI is InChI=1S/C11H18ClNO3S2/c1-13(8-3-9-16-2)18(14,15)11-5-4-10(17-11)6-7-12/h4-5H,3,6-9H2,1-2H3. The lowest BCUT2D eigenvalue weighted by atomic mass is 10.4. The van der Waals surface area contributed by atoms with Gasteiger partial charge in [-0.3, -0.25) is 0 Å². The molecule has 0 aliphatic rings. The van der Waals surface area contributed by atoms with Gasteiger partial charge in [0.05, 0.1) is 0 Å². The van der Waals surface area contributed by atoms with Crippen LogP contribution in [-0.4, -0.2) is 45.9 Å². The third-order valence-corrected chi connectivity index (χ3v) is 6.12. The molecule has 0 unspecified atom stereocenters. The fourth-order valence-corrected chi connectivity index (χ4v) is 4.52. The van der Waals surface area contributed by atoms with Crippen molar-refractivity contribution in [3.05, 3.63) is 17.0 Å². The molecule has 104 valence electrons. The molecular formula is C11H18ClNO3S2. The molecule has 0 atom stereocenters. The predicted octanol–water partition coefficient (Wildman–Crippen LogP) is 2.19. The second kappa shape index (κ2) is 7.45. The van der Waals surface area contributed by atoms with E-state index in [0.29, 0.717) is 36.1 Å². The maximum absolute atomic E-state index is 12.2. The maximum Gasteiger partial charge on any atom is 0.252 e. The van der Waals surface area contributed by atoms with Crippen molar-refractivity contribution in [2.24, 2.45) is 0 Å². The van der Waals surface area contributed by atoms with Crippen LogP contribution < -0.4 is 0 Å². The Morgan fingerprint density at radius 2 is 2.17 bits per heavy atom. The fourth-order valence-electron chi connectivity index (χ4n) is 1.43. The van der Waals surface area contributed by atoms with E-state index < -0.39 is 10.0 Å². The summed E-state index contributed by atoms with van der Waals surface area (Å²) in [5, 5.41) is 0. The van der Waals surface area contributed by atoms with Crippen LogP contribution in [0, 0.1) is 0 Å². The lowest BCUT2D eigenvalue weighted by Gasteiger charge is -2.15. The van der Waals surface area contributed by atoms with Gasteiger partial charge < -0.3 is 4.74 Å². The summed E-state index contributed by atoms with van der Waals surface area (Å²) in [5.41, 5.74) is 0. The summed E-state index contributed by atoms with van der Waals surface area (Å²) in [4.78, 5) is 0.994. The quantitative estimate of drug-likeness (QED) is 0.546. The molecule has 0 saturated carbocycles. The molecule has 0 bridgehead atoms. The van der Waals surface area contributed by atoms with Crippen molar-refractivity contribution >= 4 is 33.0 Å². The van der Waals surface area contributed by atoms with E-state index >= 15 is 0 Å². The summed E-state index contributed by atoms with van der Waals surface area (Å²) in [6.45, 7) is 1.01. The van der Waals surface area contributed by atoms with Crippen molar-refractivity contribution in [2.75, 3.05) is 33.2 Å². The predicted molar refractivity (Wildman–Crippen MR) is 75.1 cm³/mol. The van der Waals surface area contributed by atoms with Gasteiger partial charge in [0.2, 0.25) is 0 Å². The molecule has 0 amide bonds. The lowest BCUT2D eigenvalue weighted by Crippen LogP contribution is -2.27. The maximum atomic E-state index is 12.2. The van der Waals surface area contributed by atoms with Gasteiger partial charge in [-0.15, -0.1) is 22.9 Å². The zero-order valence-electron chi connectivity index (χ0n) is 10.6. The van der Waals surface area contributed by atoms with Gasteiger partial charge in [-0.2, -0.15) is 0 Å². The first-order valence-corrected chi connectivity index (χ1v) is 8.41. The summed E-state index contributed by atoms with van der Waals surface area (Å²) in [6, 6.07) is 3.47. The summed E-state index contributed by atoms with van der Waals surface area (Å²) in [5.74, 6) is 0.504. The van der Waals surface area contributed by atoms with Gasteiger partial charge in [0.15, 0.2) is 0 Å². The molecule has 0 aromatic carbocycles. The molecule has 1 aromatic heterocycles. The first-order chi connectivity index (χ1) is 8.52. The van der Waals surface area contributed by atoms with Crippen molar-refractivity contribution in [1.29, 1.82) is 0 Å². The average molecular weight is 312 g/mol. The zero-order valence-corrected chi connectivity index (χ0v) is 12.9. The highest BCUT2D eigenvalue weighted by molar-refractivity contribution is 7.91. The van der Waals surface area contributed by atoms with Crippen LogP contribution in [0.2, 0.25) is 0 Å². The average Bonchev–Trinajstić information content (AvgIpc) is 2.79. The van der Waals surface area contributed by atoms with E-state index in [1.54, 1.807) is 20.2 Å². The molecule has 1 rings (SSSR count). The second-order valence-corrected chi connectivity index (χ2v) is 7.65. The van der Waals surface area contributed by atoms with Crippen molar-refractivity contribution in [3.63, 3.8) is 0 Å². The molecule has 0 saturated heterocycles. The third kappa shape index (κ3) is 4.20. The Labute approximate surface area is 118 Å². The number of alkyl halides is 1. The zero-order chi connectivity index (χ0) is 13.6. The summed E-state index contributed by atoms with van der Waals surface area (Å²) in [7, 11) is -0.171. The number of halogens is 1. The van der Waals surface area contributed by atoms with E-state index in [4.69, 9.17) is 16.3 Å². The molecule has 4 nitrogen and oxygen atoms in total. The summed E-state index contributed by atoms with van der Waals surface area (Å²) in [6.07, 6.45) is 1.39. The van der Waals surface area contributed by atoms with E-state index in [2.05, 4.69) is 0 Å². The minimum Gasteiger partial charge on any atom is -0.385 e. The van der Waals surface area contributed by atoms with Crippen LogP contribution >= 0.6 is 22.9 Å². The number of hydrogen-bond acceptors (Lipinski definition) is 4. The summed E-state index contributed by atoms with van der Waals surface area (Å²) < 4.78 is 31.1. The van der Waals surface area contributed by atoms with E-state index in [1.807, 2.05) is 6.07 Å². The van der Waals surface area contributed by atoms with Crippen molar-refractivity contribution in [3.8, 4) is 0 Å². The summed E-state index contributed by atoms with van der Waals surface area (Å²) >= 11 is 6.93. The molecule has 1 aromatic rings. The molecule has 0 radical (unpaired) electrons. The molecule has 18 heavy (non-hydrogen) atoms. The number of ether oxygens (including phenoxy) is 1. The van der Waals surface area contributed by atoms with Gasteiger partial charge in [0.25, 0.3) is 10.0 Å². The number of nitrogens with zero attached hydrogens (tertiary/aromatic N) is 1. The smallest absolute Gasteiger partial charge is 0.252 e. The number of thiophene rings is 1. The normalized spacial score (nSPS) is 12.2. The van der Waals surface area contributed by atoms with Crippen LogP contribution in [-0.2, 0) is 21.2 Å². The molecule has 0 N–H and O–H groups in total. The van der Waals surface area contributed by atoms with Crippen LogP contribution in [0.1, 0.15) is 11.3 Å². The van der Waals surface area contributed by atoms with Gasteiger partial charge in [0.1, 0.15) is 4.21 Å². The van der Waals surface area contributed by atoms with Crippen LogP contribution in [0.5, 0.6) is 0 Å². The van der Waals surface area contributed by atoms with Gasteiger partial charge in [-0.25, -0.2) is 12.7 Å². The lowest BCUT2D eigenvalue weighted by molar-refractivity contribution is 0.189. The van der Waals surface area contributed by atoms with E-state index in [-0.39, 0.29) is 0 Å². The van der Waals surface area contributed by atoms with Crippen molar-refractivity contribution in [1.82, 2.24) is 4.31 Å². The van der Waals surface area contributed by atoms with Crippen LogP contribution in [0.4, 0.5) is 0 Å². The van der Waals surface area contributed by atoms with Crippen LogP contribution in [0.25, 0.3) is 0 Å². The van der Waals surface area contributed by atoms with Gasteiger partial charge in [-0.05, 0) is 25.0 Å². The number of hydrogen-bond donors (Lipinski definition) is 0. The topological polar surface area (TPSA) is 46.6 Å². The SMILES string of the molecule is COCCCN(C)S(=O)(=O)c1ccc(CCCl)s1. The van der Waals surface area contributed by atoms with E-state index in [1.165, 1.54) is 15.6 Å². The van der Waals surface area contributed by atoms with Gasteiger partial charge in [-0.1, -0.05) is 0 Å². The molecule has 0 aliphatic carbocycles. The minimum atomic E-state index is -3.36. The molecular weight excluding hydrogens is 294 g/mol. The Hall–Kier alpha value is -0.140. The minimum absolute atomic E-state index is 0.377. The Kier molecular flexibility index (Phi) is 6.59. The van der Waals surface area contributed by atoms with Crippen LogP contribution in [0.3, 0.4) is 0 Å². The third-order valence-electron chi connectivity index (χ3n) is 2.46.